The van der Waals surface area contributed by atoms with E-state index in [-0.39, 0.29) is 17.4 Å². The van der Waals surface area contributed by atoms with Crippen molar-refractivity contribution >= 4 is 22.4 Å². The number of amides is 1. The van der Waals surface area contributed by atoms with Crippen molar-refractivity contribution in [2.45, 2.75) is 19.5 Å². The van der Waals surface area contributed by atoms with Crippen molar-refractivity contribution in [3.63, 3.8) is 0 Å². The maximum absolute atomic E-state index is 12.7. The highest BCUT2D eigenvalue weighted by Gasteiger charge is 2.26. The van der Waals surface area contributed by atoms with E-state index < -0.39 is 0 Å². The first-order valence-electron chi connectivity index (χ1n) is 9.24. The number of aromatic nitrogens is 2. The largest absolute Gasteiger partial charge is 0.326 e. The summed E-state index contributed by atoms with van der Waals surface area (Å²) in [6.45, 7) is 1.88. The third-order valence-corrected chi connectivity index (χ3v) is 5.01. The minimum atomic E-state index is -0.0936. The number of carbonyl (C=O) groups is 1. The molecule has 0 saturated carbocycles. The number of anilines is 1. The van der Waals surface area contributed by atoms with Gasteiger partial charge >= 0.3 is 0 Å². The molecular formula is C21H22N4O2. The zero-order valence-electron chi connectivity index (χ0n) is 15.0. The molecule has 1 amide bonds. The first-order chi connectivity index (χ1) is 13.2. The first-order valence-corrected chi connectivity index (χ1v) is 9.24. The van der Waals surface area contributed by atoms with Crippen LogP contribution in [0.2, 0.25) is 0 Å². The standard InChI is InChI=1S/C21H22N4O2/c26-20(23-18-9-2-1-3-10-18)17-8-6-12-24(14-17)15-25-21(27)19-11-5-4-7-16(19)13-22-25/h1-5,7,9-11,13,17H,6,8,12,14-15H2,(H,23,26). The van der Waals surface area contributed by atoms with Crippen LogP contribution in [0.1, 0.15) is 12.8 Å². The topological polar surface area (TPSA) is 67.2 Å². The zero-order chi connectivity index (χ0) is 18.6. The molecule has 2 aromatic carbocycles. The molecule has 1 fully saturated rings. The van der Waals surface area contributed by atoms with E-state index in [9.17, 15) is 9.59 Å². The summed E-state index contributed by atoms with van der Waals surface area (Å²) in [4.78, 5) is 27.4. The number of fused-ring (bicyclic) bond motifs is 1. The van der Waals surface area contributed by atoms with Gasteiger partial charge in [-0.25, -0.2) is 4.68 Å². The van der Waals surface area contributed by atoms with E-state index in [4.69, 9.17) is 0 Å². The highest BCUT2D eigenvalue weighted by atomic mass is 16.2. The SMILES string of the molecule is O=C(Nc1ccccc1)C1CCCN(Cn2ncc3ccccc3c2=O)C1. The van der Waals surface area contributed by atoms with E-state index >= 15 is 0 Å². The van der Waals surface area contributed by atoms with Gasteiger partial charge in [0.15, 0.2) is 0 Å². The molecule has 0 spiro atoms. The molecule has 1 saturated heterocycles. The van der Waals surface area contributed by atoms with Gasteiger partial charge in [-0.15, -0.1) is 0 Å². The second kappa shape index (κ2) is 7.72. The normalized spacial score (nSPS) is 17.7. The summed E-state index contributed by atoms with van der Waals surface area (Å²) in [7, 11) is 0. The lowest BCUT2D eigenvalue weighted by atomic mass is 9.97. The van der Waals surface area contributed by atoms with Crippen molar-refractivity contribution in [3.05, 3.63) is 71.1 Å². The van der Waals surface area contributed by atoms with Gasteiger partial charge < -0.3 is 5.32 Å². The Labute approximate surface area is 157 Å². The van der Waals surface area contributed by atoms with Crippen LogP contribution in [0.3, 0.4) is 0 Å². The summed E-state index contributed by atoms with van der Waals surface area (Å²) in [6.07, 6.45) is 3.50. The van der Waals surface area contributed by atoms with Crippen molar-refractivity contribution in [1.29, 1.82) is 0 Å². The number of rotatable bonds is 4. The van der Waals surface area contributed by atoms with Gasteiger partial charge in [0, 0.05) is 17.6 Å². The van der Waals surface area contributed by atoms with Crippen molar-refractivity contribution < 1.29 is 4.79 Å². The van der Waals surface area contributed by atoms with Gasteiger partial charge in [-0.3, -0.25) is 14.5 Å². The fraction of sp³-hybridized carbons (Fsp3) is 0.286. The van der Waals surface area contributed by atoms with Crippen molar-refractivity contribution in [2.24, 2.45) is 5.92 Å². The van der Waals surface area contributed by atoms with Crippen molar-refractivity contribution in [3.8, 4) is 0 Å². The fourth-order valence-corrected chi connectivity index (χ4v) is 3.58. The molecule has 1 aromatic heterocycles. The number of likely N-dealkylation sites (tertiary alicyclic amines) is 1. The number of carbonyl (C=O) groups excluding carboxylic acids is 1. The molecule has 6 nitrogen and oxygen atoms in total. The molecule has 0 aliphatic carbocycles. The summed E-state index contributed by atoms with van der Waals surface area (Å²) in [5.41, 5.74) is 0.719. The second-order valence-corrected chi connectivity index (χ2v) is 6.95. The number of hydrogen-bond acceptors (Lipinski definition) is 4. The van der Waals surface area contributed by atoms with Crippen LogP contribution in [0.25, 0.3) is 10.8 Å². The van der Waals surface area contributed by atoms with Gasteiger partial charge in [0.2, 0.25) is 5.91 Å². The number of nitrogens with zero attached hydrogens (tertiary/aromatic N) is 3. The van der Waals surface area contributed by atoms with Crippen LogP contribution in [0, 0.1) is 5.92 Å². The Morgan fingerprint density at radius 3 is 2.74 bits per heavy atom. The lowest BCUT2D eigenvalue weighted by molar-refractivity contribution is -0.121. The predicted octanol–water partition coefficient (Wildman–Crippen LogP) is 2.70. The molecule has 2 heterocycles. The lowest BCUT2D eigenvalue weighted by Gasteiger charge is -2.31. The molecular weight excluding hydrogens is 340 g/mol. The van der Waals surface area contributed by atoms with Gasteiger partial charge in [0.1, 0.15) is 0 Å². The molecule has 138 valence electrons. The van der Waals surface area contributed by atoms with E-state index in [2.05, 4.69) is 15.3 Å². The highest BCUT2D eigenvalue weighted by Crippen LogP contribution is 2.19. The Morgan fingerprint density at radius 1 is 1.11 bits per heavy atom. The average Bonchev–Trinajstić information content (AvgIpc) is 2.71. The third-order valence-electron chi connectivity index (χ3n) is 5.01. The smallest absolute Gasteiger partial charge is 0.275 e. The van der Waals surface area contributed by atoms with Gasteiger partial charge in [0.25, 0.3) is 5.56 Å². The van der Waals surface area contributed by atoms with Crippen molar-refractivity contribution in [1.82, 2.24) is 14.7 Å². The monoisotopic (exact) mass is 362 g/mol. The Morgan fingerprint density at radius 2 is 1.89 bits per heavy atom. The van der Waals surface area contributed by atoms with Crippen LogP contribution in [-0.4, -0.2) is 33.7 Å². The minimum absolute atomic E-state index is 0.0321. The number of benzene rings is 2. The summed E-state index contributed by atoms with van der Waals surface area (Å²) in [5, 5.41) is 8.80. The van der Waals surface area contributed by atoms with Crippen LogP contribution in [0.5, 0.6) is 0 Å². The highest BCUT2D eigenvalue weighted by molar-refractivity contribution is 5.92. The summed E-state index contributed by atoms with van der Waals surface area (Å²) < 4.78 is 1.49. The molecule has 1 unspecified atom stereocenters. The molecule has 27 heavy (non-hydrogen) atoms. The Balaban J connectivity index is 1.45. The van der Waals surface area contributed by atoms with Gasteiger partial charge in [-0.1, -0.05) is 36.4 Å². The van der Waals surface area contributed by atoms with E-state index in [0.29, 0.717) is 18.6 Å². The molecule has 1 aliphatic heterocycles. The molecule has 0 bridgehead atoms. The lowest BCUT2D eigenvalue weighted by Crippen LogP contribution is -2.43. The Hall–Kier alpha value is -2.99. The Kier molecular flexibility index (Phi) is 4.98. The van der Waals surface area contributed by atoms with E-state index in [0.717, 1.165) is 30.5 Å². The van der Waals surface area contributed by atoms with Gasteiger partial charge in [-0.05, 0) is 37.6 Å². The van der Waals surface area contributed by atoms with Crippen LogP contribution < -0.4 is 10.9 Å². The minimum Gasteiger partial charge on any atom is -0.326 e. The third kappa shape index (κ3) is 3.90. The van der Waals surface area contributed by atoms with E-state index in [1.165, 1.54) is 4.68 Å². The van der Waals surface area contributed by atoms with Crippen LogP contribution >= 0.6 is 0 Å². The second-order valence-electron chi connectivity index (χ2n) is 6.95. The summed E-state index contributed by atoms with van der Waals surface area (Å²) in [5.74, 6) is -0.0557. The predicted molar refractivity (Wildman–Crippen MR) is 105 cm³/mol. The maximum atomic E-state index is 12.7. The first kappa shape index (κ1) is 17.4. The summed E-state index contributed by atoms with van der Waals surface area (Å²) in [6, 6.07) is 17.0. The van der Waals surface area contributed by atoms with Crippen molar-refractivity contribution in [2.75, 3.05) is 18.4 Å². The van der Waals surface area contributed by atoms with Crippen LogP contribution in [0.4, 0.5) is 5.69 Å². The molecule has 6 heteroatoms. The molecule has 0 radical (unpaired) electrons. The number of nitrogens with one attached hydrogen (secondary N) is 1. The average molecular weight is 362 g/mol. The van der Waals surface area contributed by atoms with E-state index in [1.54, 1.807) is 6.20 Å². The molecule has 4 rings (SSSR count). The zero-order valence-corrected chi connectivity index (χ0v) is 15.0. The number of piperidine rings is 1. The van der Waals surface area contributed by atoms with Crippen LogP contribution in [-0.2, 0) is 11.5 Å². The number of hydrogen-bond donors (Lipinski definition) is 1. The quantitative estimate of drug-likeness (QED) is 0.775. The van der Waals surface area contributed by atoms with Gasteiger partial charge in [0.05, 0.1) is 24.2 Å². The van der Waals surface area contributed by atoms with Crippen LogP contribution in [0.15, 0.2) is 65.6 Å². The molecule has 3 aromatic rings. The molecule has 1 aliphatic rings. The van der Waals surface area contributed by atoms with E-state index in [1.807, 2.05) is 54.6 Å². The maximum Gasteiger partial charge on any atom is 0.275 e. The molecule has 1 N–H and O–H groups in total. The number of para-hydroxylation sites is 1. The Bertz CT molecular complexity index is 1000. The fourth-order valence-electron chi connectivity index (χ4n) is 3.58. The summed E-state index contributed by atoms with van der Waals surface area (Å²) >= 11 is 0. The molecule has 1 atom stereocenters. The van der Waals surface area contributed by atoms with Gasteiger partial charge in [-0.2, -0.15) is 5.10 Å².